The molecule has 0 saturated heterocycles. The van der Waals surface area contributed by atoms with Crippen LogP contribution in [0, 0.1) is 35.0 Å². The van der Waals surface area contributed by atoms with Crippen molar-refractivity contribution in [1.29, 1.82) is 10.5 Å². The minimum Gasteiger partial charge on any atom is -0.495 e. The first-order valence-corrected chi connectivity index (χ1v) is 4.66. The lowest BCUT2D eigenvalue weighted by molar-refractivity contribution is 0.413. The topological polar surface area (TPSA) is 68.8 Å². The summed E-state index contributed by atoms with van der Waals surface area (Å²) in [5.41, 5.74) is 1.27. The zero-order chi connectivity index (χ0) is 12.7. The Bertz CT molecular complexity index is 552. The van der Waals surface area contributed by atoms with Crippen LogP contribution in [0.15, 0.2) is 30.0 Å². The Balaban J connectivity index is 2.97. The van der Waals surface area contributed by atoms with Crippen molar-refractivity contribution in [2.45, 2.75) is 0 Å². The van der Waals surface area contributed by atoms with E-state index < -0.39 is 0 Å². The molecule has 82 valence electrons. The molecule has 17 heavy (non-hydrogen) atoms. The monoisotopic (exact) mass is 223 g/mol. The number of methoxy groups -OCH3 is 1. The molecule has 4 nitrogen and oxygen atoms in total. The van der Waals surface area contributed by atoms with Gasteiger partial charge < -0.3 is 10.1 Å². The van der Waals surface area contributed by atoms with Crippen LogP contribution in [0.3, 0.4) is 0 Å². The van der Waals surface area contributed by atoms with Gasteiger partial charge in [0.05, 0.1) is 12.7 Å². The van der Waals surface area contributed by atoms with Crippen molar-refractivity contribution in [2.24, 2.45) is 0 Å². The van der Waals surface area contributed by atoms with Gasteiger partial charge in [0.1, 0.15) is 23.5 Å². The Morgan fingerprint density at radius 1 is 1.41 bits per heavy atom. The summed E-state index contributed by atoms with van der Waals surface area (Å²) in [5, 5.41) is 19.9. The average molecular weight is 223 g/mol. The third-order valence-electron chi connectivity index (χ3n) is 1.98. The van der Waals surface area contributed by atoms with Gasteiger partial charge in [-0.3, -0.25) is 0 Å². The summed E-state index contributed by atoms with van der Waals surface area (Å²) in [7, 11) is 1.53. The maximum atomic E-state index is 8.55. The second-order valence-electron chi connectivity index (χ2n) is 2.99. The van der Waals surface area contributed by atoms with Crippen molar-refractivity contribution >= 4 is 5.69 Å². The van der Waals surface area contributed by atoms with E-state index in [-0.39, 0.29) is 5.57 Å². The number of nitrogens with zero attached hydrogens (tertiary/aromatic N) is 2. The highest BCUT2D eigenvalue weighted by atomic mass is 16.5. The third-order valence-corrected chi connectivity index (χ3v) is 1.98. The van der Waals surface area contributed by atoms with Gasteiger partial charge in [-0.1, -0.05) is 5.92 Å². The number of nitrogens with one attached hydrogen (secondary N) is 1. The van der Waals surface area contributed by atoms with Crippen LogP contribution in [-0.4, -0.2) is 7.11 Å². The minimum absolute atomic E-state index is 0.0110. The molecule has 1 N–H and O–H groups in total. The third kappa shape index (κ3) is 3.02. The maximum absolute atomic E-state index is 8.55. The van der Waals surface area contributed by atoms with Crippen molar-refractivity contribution in [3.05, 3.63) is 35.5 Å². The molecule has 0 unspecified atom stereocenters. The fourth-order valence-electron chi connectivity index (χ4n) is 1.16. The molecule has 0 spiro atoms. The molecule has 1 aromatic carbocycles. The van der Waals surface area contributed by atoms with Gasteiger partial charge in [0.15, 0.2) is 0 Å². The summed E-state index contributed by atoms with van der Waals surface area (Å²) in [6.07, 6.45) is 6.65. The first-order valence-electron chi connectivity index (χ1n) is 4.66. The largest absolute Gasteiger partial charge is 0.495 e. The van der Waals surface area contributed by atoms with Crippen LogP contribution in [0.25, 0.3) is 0 Å². The highest BCUT2D eigenvalue weighted by Crippen LogP contribution is 2.21. The predicted octanol–water partition coefficient (Wildman–Crippen LogP) is 2.02. The molecule has 0 saturated carbocycles. The van der Waals surface area contributed by atoms with Gasteiger partial charge in [-0.05, 0) is 18.2 Å². The van der Waals surface area contributed by atoms with Crippen LogP contribution >= 0.6 is 0 Å². The predicted molar refractivity (Wildman–Crippen MR) is 63.9 cm³/mol. The number of allylic oxidation sites excluding steroid dienone is 1. The zero-order valence-corrected chi connectivity index (χ0v) is 9.19. The summed E-state index contributed by atoms with van der Waals surface area (Å²) >= 11 is 0. The second kappa shape index (κ2) is 5.85. The zero-order valence-electron chi connectivity index (χ0n) is 9.19. The van der Waals surface area contributed by atoms with E-state index in [1.807, 2.05) is 0 Å². The molecule has 1 aromatic rings. The Morgan fingerprint density at radius 3 is 2.65 bits per heavy atom. The molecular formula is C13H9N3O. The number of hydrogen-bond donors (Lipinski definition) is 1. The standard InChI is InChI=1S/C13H9N3O/c1-3-11-6-12(4-5-13(11)17-2)16-9-10(7-14)8-15/h1,4-6,9,16H,2H3. The van der Waals surface area contributed by atoms with E-state index in [0.717, 1.165) is 0 Å². The van der Waals surface area contributed by atoms with Crippen molar-refractivity contribution in [2.75, 3.05) is 12.4 Å². The Kier molecular flexibility index (Phi) is 4.19. The first-order chi connectivity index (χ1) is 8.24. The van der Waals surface area contributed by atoms with Gasteiger partial charge in [-0.15, -0.1) is 6.42 Å². The van der Waals surface area contributed by atoms with E-state index in [1.165, 1.54) is 13.3 Å². The lowest BCUT2D eigenvalue weighted by atomic mass is 10.2. The number of anilines is 1. The highest BCUT2D eigenvalue weighted by Gasteiger charge is 2.01. The SMILES string of the molecule is C#Cc1cc(NC=C(C#N)C#N)ccc1OC. The molecule has 1 rings (SSSR count). The van der Waals surface area contributed by atoms with E-state index in [9.17, 15) is 0 Å². The fourth-order valence-corrected chi connectivity index (χ4v) is 1.16. The number of ether oxygens (including phenoxy) is 1. The molecule has 0 aliphatic heterocycles. The van der Waals surface area contributed by atoms with Crippen LogP contribution in [0.4, 0.5) is 5.69 Å². The van der Waals surface area contributed by atoms with Crippen molar-refractivity contribution in [3.8, 4) is 30.2 Å². The average Bonchev–Trinajstić information content (AvgIpc) is 2.39. The van der Waals surface area contributed by atoms with Crippen LogP contribution in [0.2, 0.25) is 0 Å². The van der Waals surface area contributed by atoms with Crippen molar-refractivity contribution in [3.63, 3.8) is 0 Å². The quantitative estimate of drug-likeness (QED) is 0.628. The molecule has 0 aliphatic rings. The molecule has 4 heteroatoms. The van der Waals surface area contributed by atoms with E-state index in [0.29, 0.717) is 17.0 Å². The molecule has 0 heterocycles. The molecule has 0 radical (unpaired) electrons. The van der Waals surface area contributed by atoms with Gasteiger partial charge >= 0.3 is 0 Å². The first kappa shape index (κ1) is 12.2. The minimum atomic E-state index is -0.0110. The van der Waals surface area contributed by atoms with E-state index in [1.54, 1.807) is 30.3 Å². The summed E-state index contributed by atoms with van der Waals surface area (Å²) < 4.78 is 5.07. The van der Waals surface area contributed by atoms with Crippen molar-refractivity contribution < 1.29 is 4.74 Å². The number of nitriles is 2. The van der Waals surface area contributed by atoms with E-state index >= 15 is 0 Å². The van der Waals surface area contributed by atoms with Gasteiger partial charge in [-0.25, -0.2) is 0 Å². The van der Waals surface area contributed by atoms with Crippen LogP contribution in [0.5, 0.6) is 5.75 Å². The van der Waals surface area contributed by atoms with Crippen molar-refractivity contribution in [1.82, 2.24) is 0 Å². The highest BCUT2D eigenvalue weighted by molar-refractivity contribution is 5.58. The lowest BCUT2D eigenvalue weighted by Gasteiger charge is -2.06. The second-order valence-corrected chi connectivity index (χ2v) is 2.99. The molecule has 0 aromatic heterocycles. The van der Waals surface area contributed by atoms with Gasteiger partial charge in [0.25, 0.3) is 0 Å². The maximum Gasteiger partial charge on any atom is 0.145 e. The lowest BCUT2D eigenvalue weighted by Crippen LogP contribution is -1.93. The Morgan fingerprint density at radius 2 is 2.12 bits per heavy atom. The number of hydrogen-bond acceptors (Lipinski definition) is 4. The molecule has 0 amide bonds. The fraction of sp³-hybridized carbons (Fsp3) is 0.0769. The smallest absolute Gasteiger partial charge is 0.145 e. The molecule has 0 fully saturated rings. The van der Waals surface area contributed by atoms with Gasteiger partial charge in [-0.2, -0.15) is 10.5 Å². The molecule has 0 aliphatic carbocycles. The van der Waals surface area contributed by atoms with Crippen LogP contribution < -0.4 is 10.1 Å². The summed E-state index contributed by atoms with van der Waals surface area (Å²) in [6.45, 7) is 0. The number of rotatable bonds is 3. The number of terminal acetylenes is 1. The summed E-state index contributed by atoms with van der Waals surface area (Å²) in [5.74, 6) is 3.09. The normalized spacial score (nSPS) is 8.12. The number of benzene rings is 1. The van der Waals surface area contributed by atoms with Crippen LogP contribution in [-0.2, 0) is 0 Å². The summed E-state index contributed by atoms with van der Waals surface area (Å²) in [6, 6.07) is 8.64. The van der Waals surface area contributed by atoms with Gasteiger partial charge in [0.2, 0.25) is 0 Å². The Labute approximate surface area is 99.7 Å². The summed E-state index contributed by atoms with van der Waals surface area (Å²) in [4.78, 5) is 0. The van der Waals surface area contributed by atoms with Crippen LogP contribution in [0.1, 0.15) is 5.56 Å². The molecule has 0 atom stereocenters. The van der Waals surface area contributed by atoms with E-state index in [4.69, 9.17) is 21.7 Å². The van der Waals surface area contributed by atoms with E-state index in [2.05, 4.69) is 11.2 Å². The molecular weight excluding hydrogens is 214 g/mol. The van der Waals surface area contributed by atoms with Gasteiger partial charge in [0, 0.05) is 11.9 Å². The molecule has 0 bridgehead atoms. The Hall–Kier alpha value is -2.90.